The molecule has 12 heavy (non-hydrogen) atoms. The molecule has 0 aromatic carbocycles. The average Bonchev–Trinajstić information content (AvgIpc) is 2.62. The van der Waals surface area contributed by atoms with E-state index in [-0.39, 0.29) is 0 Å². The summed E-state index contributed by atoms with van der Waals surface area (Å²) in [5, 5.41) is 3.63. The zero-order valence-corrected chi connectivity index (χ0v) is 14.4. The molecule has 1 spiro atoms. The molecule has 0 aromatic heterocycles. The molecular weight excluding hydrogens is 403 g/mol. The molecule has 2 nitrogen and oxygen atoms in total. The van der Waals surface area contributed by atoms with Gasteiger partial charge < -0.3 is 10.2 Å². The smallest absolute Gasteiger partial charge is 0.0441 e. The second kappa shape index (κ2) is 3.11. The quantitative estimate of drug-likeness (QED) is 0.645. The Bertz CT molecular complexity index is 138. The molecule has 1 N–H and O–H groups in total. The molecule has 2 aliphatic rings. The third kappa shape index (κ3) is 1.07. The molecule has 66 valence electrons. The zero-order valence-electron chi connectivity index (χ0n) is 7.97. The van der Waals surface area contributed by atoms with Gasteiger partial charge in [0.2, 0.25) is 0 Å². The van der Waals surface area contributed by atoms with Gasteiger partial charge in [-0.3, -0.25) is 6.54 Å². The van der Waals surface area contributed by atoms with Gasteiger partial charge in [0.1, 0.15) is 0 Å². The van der Waals surface area contributed by atoms with E-state index in [0.29, 0.717) is 5.66 Å². The first kappa shape index (κ1) is 9.01. The molecule has 0 bridgehead atoms. The molecule has 2 rings (SSSR count). The Balaban J connectivity index is 0.000000720. The molecule has 3 heteroatoms. The molecule has 1 atom stereocenters. The minimum Gasteiger partial charge on any atom is -0.440 e. The van der Waals surface area contributed by atoms with Gasteiger partial charge in [0.15, 0.2) is 0 Å². The Morgan fingerprint density at radius 3 is 2.67 bits per heavy atom. The molecule has 0 aromatic rings. The van der Waals surface area contributed by atoms with Gasteiger partial charge in [0.25, 0.3) is 0 Å². The van der Waals surface area contributed by atoms with E-state index in [1.807, 2.05) is 0 Å². The molecule has 2 fully saturated rings. The van der Waals surface area contributed by atoms with Crippen LogP contribution in [0.25, 0.3) is 0 Å². The molecule has 0 aliphatic carbocycles. The van der Waals surface area contributed by atoms with Gasteiger partial charge in [-0.1, -0.05) is 0 Å². The molecule has 0 radical (unpaired) electrons. The molecule has 2 saturated heterocycles. The number of hydrogen-bond acceptors (Lipinski definition) is 2. The summed E-state index contributed by atoms with van der Waals surface area (Å²) in [4.78, 5) is 2.49. The summed E-state index contributed by atoms with van der Waals surface area (Å²) in [6.07, 6.45) is 5.40. The predicted octanol–water partition coefficient (Wildman–Crippen LogP) is 1.34. The van der Waals surface area contributed by atoms with Gasteiger partial charge in [0.05, 0.1) is 0 Å². The standard InChI is InChI=1S/C9H17N2.Rf/c1-2-11-8-4-6-9(11)5-3-7-10-9;/h2,10H,3-8H2,1H3;/q-1;. The van der Waals surface area contributed by atoms with Crippen molar-refractivity contribution in [2.45, 2.75) is 38.3 Å². The van der Waals surface area contributed by atoms with Gasteiger partial charge in [-0.15, -0.1) is 0 Å². The van der Waals surface area contributed by atoms with Crippen molar-refractivity contribution in [1.82, 2.24) is 10.2 Å². The van der Waals surface area contributed by atoms with Crippen molar-refractivity contribution in [3.63, 3.8) is 0 Å². The number of nitrogens with zero attached hydrogens (tertiary/aromatic N) is 1. The fourth-order valence-corrected chi connectivity index (χ4v) is 2.52. The van der Waals surface area contributed by atoms with Crippen LogP contribution in [0.15, 0.2) is 0 Å². The number of hydrogen-bond donors (Lipinski definition) is 1. The van der Waals surface area contributed by atoms with E-state index in [0.717, 1.165) is 0 Å². The zero-order chi connectivity index (χ0) is 7.73. The van der Waals surface area contributed by atoms with Crippen molar-refractivity contribution in [2.75, 3.05) is 13.1 Å². The van der Waals surface area contributed by atoms with Crippen molar-refractivity contribution >= 4 is 0 Å². The molecule has 0 saturated carbocycles. The molecular formula is C9H17N2Rf-. The topological polar surface area (TPSA) is 15.3 Å². The molecule has 2 aliphatic heterocycles. The van der Waals surface area contributed by atoms with E-state index in [2.05, 4.69) is 23.7 Å². The number of rotatable bonds is 1. The van der Waals surface area contributed by atoms with E-state index in [1.165, 1.54) is 38.8 Å². The maximum atomic E-state index is 3.63. The van der Waals surface area contributed by atoms with Crippen LogP contribution in [0.5, 0.6) is 0 Å². The number of likely N-dealkylation sites (tertiary alicyclic amines) is 1. The van der Waals surface area contributed by atoms with Crippen LogP contribution in [0.1, 0.15) is 32.6 Å². The van der Waals surface area contributed by atoms with E-state index >= 15 is 0 Å². The second-order valence-electron chi connectivity index (χ2n) is 3.62. The van der Waals surface area contributed by atoms with Gasteiger partial charge in [-0.2, -0.15) is 6.92 Å². The van der Waals surface area contributed by atoms with Gasteiger partial charge >= 0.3 is 0 Å². The van der Waals surface area contributed by atoms with Crippen LogP contribution in [0.3, 0.4) is 0 Å². The van der Waals surface area contributed by atoms with Crippen LogP contribution < -0.4 is 5.32 Å². The first-order valence-electron chi connectivity index (χ1n) is 4.69. The summed E-state index contributed by atoms with van der Waals surface area (Å²) in [6.45, 7) is 6.85. The fourth-order valence-electron chi connectivity index (χ4n) is 2.52. The SMILES string of the molecule is C[CH-]N1CCCC12CCCN2.[Rf]. The van der Waals surface area contributed by atoms with Crippen LogP contribution >= 0.6 is 0 Å². The summed E-state index contributed by atoms with van der Waals surface area (Å²) < 4.78 is 0. The van der Waals surface area contributed by atoms with Gasteiger partial charge in [-0.05, 0) is 38.8 Å². The van der Waals surface area contributed by atoms with Crippen molar-refractivity contribution < 1.29 is 0 Å². The summed E-state index contributed by atoms with van der Waals surface area (Å²) in [6, 6.07) is 0. The van der Waals surface area contributed by atoms with Crippen LogP contribution in [-0.4, -0.2) is 23.7 Å². The van der Waals surface area contributed by atoms with Crippen molar-refractivity contribution in [3.8, 4) is 0 Å². The summed E-state index contributed by atoms with van der Waals surface area (Å²) in [5.41, 5.74) is 0.384. The van der Waals surface area contributed by atoms with Crippen molar-refractivity contribution in [1.29, 1.82) is 0 Å². The number of nitrogens with one attached hydrogen (secondary N) is 1. The van der Waals surface area contributed by atoms with Crippen LogP contribution in [0, 0.1) is 6.54 Å². The Hall–Kier alpha value is -1.08. The minimum atomic E-state index is 0. The summed E-state index contributed by atoms with van der Waals surface area (Å²) >= 11 is 0. The van der Waals surface area contributed by atoms with Crippen LogP contribution in [0.4, 0.5) is 0 Å². The van der Waals surface area contributed by atoms with Crippen molar-refractivity contribution in [2.24, 2.45) is 0 Å². The van der Waals surface area contributed by atoms with Crippen molar-refractivity contribution in [3.05, 3.63) is 6.54 Å². The minimum absolute atomic E-state index is 0. The Kier molecular flexibility index (Phi) is 2.34. The average molecular weight is 420 g/mol. The van der Waals surface area contributed by atoms with E-state index in [9.17, 15) is 0 Å². The van der Waals surface area contributed by atoms with Gasteiger partial charge in [0, 0.05) is 5.66 Å². The Morgan fingerprint density at radius 2 is 2.08 bits per heavy atom. The summed E-state index contributed by atoms with van der Waals surface area (Å²) in [7, 11) is 0. The molecule has 0 amide bonds. The molecule has 1 unspecified atom stereocenters. The monoisotopic (exact) mass is 420 g/mol. The largest absolute Gasteiger partial charge is 0.440 e. The van der Waals surface area contributed by atoms with E-state index < -0.39 is 0 Å². The predicted molar refractivity (Wildman–Crippen MR) is 45.9 cm³/mol. The maximum absolute atomic E-state index is 3.63. The van der Waals surface area contributed by atoms with Crippen LogP contribution in [0.2, 0.25) is 0 Å². The van der Waals surface area contributed by atoms with E-state index in [1.54, 1.807) is 0 Å². The summed E-state index contributed by atoms with van der Waals surface area (Å²) in [5.74, 6) is 0. The second-order valence-corrected chi connectivity index (χ2v) is 3.62. The Morgan fingerprint density at radius 1 is 1.33 bits per heavy atom. The van der Waals surface area contributed by atoms with Gasteiger partial charge in [-0.25, -0.2) is 0 Å². The normalized spacial score (nSPS) is 35.8. The van der Waals surface area contributed by atoms with E-state index in [4.69, 9.17) is 0 Å². The Labute approximate surface area is 69.0 Å². The van der Waals surface area contributed by atoms with Crippen LogP contribution in [-0.2, 0) is 0 Å². The fraction of sp³-hybridized carbons (Fsp3) is 0.889. The third-order valence-electron chi connectivity index (χ3n) is 3.07. The molecule has 2 heterocycles. The first-order chi connectivity index (χ1) is 5.37. The third-order valence-corrected chi connectivity index (χ3v) is 3.07. The maximum Gasteiger partial charge on any atom is 0.0441 e. The first-order valence-corrected chi connectivity index (χ1v) is 4.69.